The first kappa shape index (κ1) is 17.1. The molecule has 6 nitrogen and oxygen atoms in total. The number of aryl methyl sites for hydroxylation is 1. The Morgan fingerprint density at radius 3 is 2.81 bits per heavy atom. The van der Waals surface area contributed by atoms with Crippen molar-refractivity contribution >= 4 is 22.7 Å². The fourth-order valence-corrected chi connectivity index (χ4v) is 4.23. The number of phenolic OH excluding ortho intramolecular Hbond substituents is 1. The summed E-state index contributed by atoms with van der Waals surface area (Å²) in [5.74, 6) is 1.73. The van der Waals surface area contributed by atoms with Crippen molar-refractivity contribution in [1.29, 1.82) is 0 Å². The molecule has 1 aliphatic rings. The predicted molar refractivity (Wildman–Crippen MR) is 98.6 cm³/mol. The van der Waals surface area contributed by atoms with Crippen LogP contribution in [-0.4, -0.2) is 15.3 Å². The van der Waals surface area contributed by atoms with Crippen LogP contribution >= 0.6 is 11.8 Å². The first-order valence-corrected chi connectivity index (χ1v) is 9.82. The summed E-state index contributed by atoms with van der Waals surface area (Å²) in [5.41, 5.74) is 1.36. The number of rotatable bonds is 4. The van der Waals surface area contributed by atoms with Gasteiger partial charge in [0.25, 0.3) is 5.22 Å². The van der Waals surface area contributed by atoms with Crippen LogP contribution in [0.4, 0.5) is 0 Å². The molecule has 0 amide bonds. The highest BCUT2D eigenvalue weighted by atomic mass is 32.2. The molecule has 0 radical (unpaired) electrons. The Balaban J connectivity index is 1.56. The third kappa shape index (κ3) is 3.35. The number of hydrogen-bond acceptors (Lipinski definition) is 7. The van der Waals surface area contributed by atoms with Gasteiger partial charge in [0.2, 0.25) is 5.89 Å². The van der Waals surface area contributed by atoms with Crippen LogP contribution in [0, 0.1) is 6.92 Å². The van der Waals surface area contributed by atoms with E-state index in [1.807, 2.05) is 0 Å². The quantitative estimate of drug-likeness (QED) is 0.531. The van der Waals surface area contributed by atoms with E-state index in [1.54, 1.807) is 19.1 Å². The zero-order valence-corrected chi connectivity index (χ0v) is 15.3. The molecule has 3 aromatic rings. The SMILES string of the molecule is Cc1c(O)ccc2c(CSc3nnc(C4CCCCC4)o3)cc(=O)oc12. The summed E-state index contributed by atoms with van der Waals surface area (Å²) < 4.78 is 11.1. The Morgan fingerprint density at radius 1 is 1.19 bits per heavy atom. The van der Waals surface area contributed by atoms with Crippen LogP contribution in [0.5, 0.6) is 5.75 Å². The Bertz CT molecular complexity index is 989. The van der Waals surface area contributed by atoms with Crippen LogP contribution in [-0.2, 0) is 5.75 Å². The van der Waals surface area contributed by atoms with E-state index in [2.05, 4.69) is 10.2 Å². The molecule has 1 aliphatic carbocycles. The molecular weight excluding hydrogens is 352 g/mol. The summed E-state index contributed by atoms with van der Waals surface area (Å²) in [6.07, 6.45) is 5.94. The summed E-state index contributed by atoms with van der Waals surface area (Å²) in [6.45, 7) is 1.73. The number of aromatic hydroxyl groups is 1. The highest BCUT2D eigenvalue weighted by Crippen LogP contribution is 2.34. The largest absolute Gasteiger partial charge is 0.508 e. The Labute approximate surface area is 154 Å². The first-order chi connectivity index (χ1) is 12.6. The maximum atomic E-state index is 11.9. The lowest BCUT2D eigenvalue weighted by molar-refractivity contribution is 0.334. The first-order valence-electron chi connectivity index (χ1n) is 8.83. The van der Waals surface area contributed by atoms with E-state index >= 15 is 0 Å². The summed E-state index contributed by atoms with van der Waals surface area (Å²) in [4.78, 5) is 11.9. The van der Waals surface area contributed by atoms with Gasteiger partial charge < -0.3 is 13.9 Å². The van der Waals surface area contributed by atoms with Crippen molar-refractivity contribution in [2.75, 3.05) is 0 Å². The van der Waals surface area contributed by atoms with Crippen molar-refractivity contribution in [2.45, 2.75) is 55.9 Å². The van der Waals surface area contributed by atoms with Crippen molar-refractivity contribution in [3.63, 3.8) is 0 Å². The summed E-state index contributed by atoms with van der Waals surface area (Å²) in [5, 5.41) is 19.5. The fraction of sp³-hybridized carbons (Fsp3) is 0.421. The number of fused-ring (bicyclic) bond motifs is 1. The van der Waals surface area contributed by atoms with Crippen molar-refractivity contribution in [2.24, 2.45) is 0 Å². The van der Waals surface area contributed by atoms with Gasteiger partial charge in [0.15, 0.2) is 0 Å². The van der Waals surface area contributed by atoms with E-state index in [9.17, 15) is 9.90 Å². The number of benzene rings is 1. The van der Waals surface area contributed by atoms with Gasteiger partial charge >= 0.3 is 5.63 Å². The maximum absolute atomic E-state index is 11.9. The molecule has 1 N–H and O–H groups in total. The molecule has 1 fully saturated rings. The van der Waals surface area contributed by atoms with Crippen molar-refractivity contribution in [3.05, 3.63) is 45.6 Å². The number of nitrogens with zero attached hydrogens (tertiary/aromatic N) is 2. The topological polar surface area (TPSA) is 89.4 Å². The molecule has 0 aliphatic heterocycles. The second-order valence-electron chi connectivity index (χ2n) is 6.71. The number of aromatic nitrogens is 2. The minimum atomic E-state index is -0.435. The third-order valence-corrected chi connectivity index (χ3v) is 5.81. The normalized spacial score (nSPS) is 15.6. The lowest BCUT2D eigenvalue weighted by Crippen LogP contribution is -2.04. The molecule has 2 heterocycles. The fourth-order valence-electron chi connectivity index (χ4n) is 3.47. The second-order valence-corrected chi connectivity index (χ2v) is 7.63. The van der Waals surface area contributed by atoms with Crippen molar-refractivity contribution in [3.8, 4) is 5.75 Å². The molecule has 0 saturated heterocycles. The predicted octanol–water partition coefficient (Wildman–Crippen LogP) is 4.53. The van der Waals surface area contributed by atoms with Gasteiger partial charge in [-0.05, 0) is 37.5 Å². The lowest BCUT2D eigenvalue weighted by atomic mass is 9.89. The summed E-state index contributed by atoms with van der Waals surface area (Å²) >= 11 is 1.41. The molecule has 136 valence electrons. The minimum Gasteiger partial charge on any atom is -0.508 e. The summed E-state index contributed by atoms with van der Waals surface area (Å²) in [7, 11) is 0. The molecular formula is C19H20N2O4S. The van der Waals surface area contributed by atoms with E-state index in [4.69, 9.17) is 8.83 Å². The Morgan fingerprint density at radius 2 is 2.00 bits per heavy atom. The third-order valence-electron chi connectivity index (χ3n) is 4.95. The van der Waals surface area contributed by atoms with Crippen LogP contribution in [0.3, 0.4) is 0 Å². The average molecular weight is 372 g/mol. The average Bonchev–Trinajstić information content (AvgIpc) is 3.13. The van der Waals surface area contributed by atoms with Gasteiger partial charge in [0, 0.05) is 28.7 Å². The van der Waals surface area contributed by atoms with Gasteiger partial charge in [-0.1, -0.05) is 31.0 Å². The molecule has 0 atom stereocenters. The van der Waals surface area contributed by atoms with Gasteiger partial charge in [-0.2, -0.15) is 0 Å². The van der Waals surface area contributed by atoms with E-state index in [0.29, 0.717) is 28.0 Å². The molecule has 0 unspecified atom stereocenters. The van der Waals surface area contributed by atoms with Gasteiger partial charge in [-0.15, -0.1) is 10.2 Å². The molecule has 1 saturated carbocycles. The number of thioether (sulfide) groups is 1. The smallest absolute Gasteiger partial charge is 0.336 e. The van der Waals surface area contributed by atoms with Crippen LogP contribution in [0.2, 0.25) is 0 Å². The summed E-state index contributed by atoms with van der Waals surface area (Å²) in [6, 6.07) is 4.85. The molecule has 0 spiro atoms. The van der Waals surface area contributed by atoms with Gasteiger partial charge in [0.1, 0.15) is 11.3 Å². The van der Waals surface area contributed by atoms with Crippen LogP contribution in [0.1, 0.15) is 55.0 Å². The Kier molecular flexibility index (Phi) is 4.72. The standard InChI is InChI=1S/C19H20N2O4S/c1-11-15(22)8-7-14-13(9-16(23)24-17(11)14)10-26-19-21-20-18(25-19)12-5-3-2-4-6-12/h7-9,12,22H,2-6,10H2,1H3. The van der Waals surface area contributed by atoms with E-state index in [1.165, 1.54) is 37.1 Å². The molecule has 4 rings (SSSR count). The zero-order valence-electron chi connectivity index (χ0n) is 14.5. The zero-order chi connectivity index (χ0) is 18.1. The number of phenols is 1. The van der Waals surface area contributed by atoms with Gasteiger partial charge in [0.05, 0.1) is 0 Å². The van der Waals surface area contributed by atoms with Gasteiger partial charge in [-0.25, -0.2) is 4.79 Å². The second kappa shape index (κ2) is 7.15. The molecule has 7 heteroatoms. The number of hydrogen-bond donors (Lipinski definition) is 1. The highest BCUT2D eigenvalue weighted by molar-refractivity contribution is 7.98. The highest BCUT2D eigenvalue weighted by Gasteiger charge is 2.21. The van der Waals surface area contributed by atoms with E-state index < -0.39 is 5.63 Å². The monoisotopic (exact) mass is 372 g/mol. The maximum Gasteiger partial charge on any atom is 0.336 e. The van der Waals surface area contributed by atoms with Crippen molar-refractivity contribution < 1.29 is 13.9 Å². The lowest BCUT2D eigenvalue weighted by Gasteiger charge is -2.17. The van der Waals surface area contributed by atoms with E-state index in [-0.39, 0.29) is 5.75 Å². The Hall–Kier alpha value is -2.28. The van der Waals surface area contributed by atoms with Crippen LogP contribution in [0.25, 0.3) is 11.0 Å². The van der Waals surface area contributed by atoms with Gasteiger partial charge in [-0.3, -0.25) is 0 Å². The molecule has 0 bridgehead atoms. The van der Waals surface area contributed by atoms with Crippen LogP contribution < -0.4 is 5.63 Å². The minimum absolute atomic E-state index is 0.111. The van der Waals surface area contributed by atoms with Crippen molar-refractivity contribution in [1.82, 2.24) is 10.2 Å². The molecule has 2 aromatic heterocycles. The molecule has 1 aromatic carbocycles. The van der Waals surface area contributed by atoms with E-state index in [0.717, 1.165) is 29.7 Å². The van der Waals surface area contributed by atoms with Crippen LogP contribution in [0.15, 0.2) is 37.1 Å². The molecule has 26 heavy (non-hydrogen) atoms.